The second kappa shape index (κ2) is 11.4. The number of fused-ring (bicyclic) bond motifs is 1. The molecule has 1 fully saturated rings. The number of likely N-dealkylation sites (tertiary alicyclic amines) is 1. The summed E-state index contributed by atoms with van der Waals surface area (Å²) in [5, 5.41) is 3.42. The summed E-state index contributed by atoms with van der Waals surface area (Å²) in [6.07, 6.45) is 0.598. The largest absolute Gasteiger partial charge is 0.453 e. The Morgan fingerprint density at radius 1 is 1.22 bits per heavy atom. The fourth-order valence-electron chi connectivity index (χ4n) is 5.14. The van der Waals surface area contributed by atoms with Gasteiger partial charge in [-0.1, -0.05) is 18.7 Å². The van der Waals surface area contributed by atoms with E-state index in [-0.39, 0.29) is 35.2 Å². The van der Waals surface area contributed by atoms with Gasteiger partial charge in [-0.2, -0.15) is 0 Å². The number of allylic oxidation sites excluding steroid dienone is 4. The molecule has 2 heterocycles. The molecule has 11 heteroatoms. The number of hydrogen-bond donors (Lipinski definition) is 2. The molecule has 0 spiro atoms. The first-order chi connectivity index (χ1) is 19.5. The van der Waals surface area contributed by atoms with Gasteiger partial charge in [-0.25, -0.2) is 22.0 Å². The zero-order chi connectivity index (χ0) is 29.5. The Balaban J connectivity index is 1.52. The van der Waals surface area contributed by atoms with Crippen LogP contribution in [-0.4, -0.2) is 43.9 Å². The van der Waals surface area contributed by atoms with E-state index in [0.29, 0.717) is 60.1 Å². The summed E-state index contributed by atoms with van der Waals surface area (Å²) in [5.41, 5.74) is 6.70. The van der Waals surface area contributed by atoms with Gasteiger partial charge in [0.2, 0.25) is 0 Å². The maximum absolute atomic E-state index is 15.4. The zero-order valence-corrected chi connectivity index (χ0v) is 23.1. The van der Waals surface area contributed by atoms with Gasteiger partial charge in [-0.15, -0.1) is 11.3 Å². The lowest BCUT2D eigenvalue weighted by molar-refractivity contribution is 0.0178. The molecule has 1 aliphatic heterocycles. The molecule has 0 amide bonds. The van der Waals surface area contributed by atoms with Crippen LogP contribution in [0.15, 0.2) is 60.3 Å². The van der Waals surface area contributed by atoms with Crippen molar-refractivity contribution in [2.24, 2.45) is 5.92 Å². The van der Waals surface area contributed by atoms with E-state index in [1.165, 1.54) is 12.1 Å². The van der Waals surface area contributed by atoms with Crippen molar-refractivity contribution in [3.05, 3.63) is 77.2 Å². The highest BCUT2D eigenvalue weighted by Gasteiger charge is 2.34. The molecule has 1 unspecified atom stereocenters. The van der Waals surface area contributed by atoms with Crippen molar-refractivity contribution >= 4 is 33.2 Å². The monoisotopic (exact) mass is 593 g/mol. The number of nitrogen functional groups attached to an aromatic ring is 1. The average molecular weight is 594 g/mol. The van der Waals surface area contributed by atoms with Crippen LogP contribution < -0.4 is 15.8 Å². The summed E-state index contributed by atoms with van der Waals surface area (Å²) in [6, 6.07) is 6.13. The second-order valence-electron chi connectivity index (χ2n) is 10.4. The number of ether oxygens (including phenoxy) is 1. The molecule has 2 aromatic carbocycles. The van der Waals surface area contributed by atoms with E-state index in [4.69, 9.17) is 10.5 Å². The molecule has 41 heavy (non-hydrogen) atoms. The zero-order valence-electron chi connectivity index (χ0n) is 22.3. The molecule has 3 aromatic rings. The van der Waals surface area contributed by atoms with Crippen molar-refractivity contribution in [1.82, 2.24) is 10.2 Å². The van der Waals surface area contributed by atoms with Crippen LogP contribution in [-0.2, 0) is 5.92 Å². The highest BCUT2D eigenvalue weighted by molar-refractivity contribution is 7.23. The van der Waals surface area contributed by atoms with Gasteiger partial charge >= 0.3 is 0 Å². The quantitative estimate of drug-likeness (QED) is 0.187. The smallest absolute Gasteiger partial charge is 0.271 e. The number of halogens is 6. The Morgan fingerprint density at radius 2 is 1.98 bits per heavy atom. The van der Waals surface area contributed by atoms with E-state index in [0.717, 1.165) is 29.5 Å². The lowest BCUT2D eigenvalue weighted by atomic mass is 9.99. The Kier molecular flexibility index (Phi) is 8.11. The number of alkyl halides is 4. The van der Waals surface area contributed by atoms with Crippen molar-refractivity contribution in [3.8, 4) is 16.2 Å². The van der Waals surface area contributed by atoms with Crippen molar-refractivity contribution in [2.45, 2.75) is 25.4 Å². The molecule has 1 aliphatic carbocycles. The van der Waals surface area contributed by atoms with Crippen molar-refractivity contribution in [1.29, 1.82) is 0 Å². The maximum Gasteiger partial charge on any atom is 0.271 e. The highest BCUT2D eigenvalue weighted by Crippen LogP contribution is 2.51. The molecule has 218 valence electrons. The lowest BCUT2D eigenvalue weighted by Crippen LogP contribution is -2.49. The van der Waals surface area contributed by atoms with Gasteiger partial charge in [-0.05, 0) is 30.3 Å². The molecular weight excluding hydrogens is 564 g/mol. The van der Waals surface area contributed by atoms with Gasteiger partial charge in [0.05, 0.1) is 11.6 Å². The molecule has 2 aliphatic rings. The minimum atomic E-state index is -3.42. The fraction of sp³-hybridized carbons (Fsp3) is 0.333. The number of nitrogens with two attached hydrogens (primary N) is 1. The number of hydrogen-bond acceptors (Lipinski definition) is 5. The van der Waals surface area contributed by atoms with E-state index in [9.17, 15) is 17.6 Å². The van der Waals surface area contributed by atoms with Gasteiger partial charge in [0.1, 0.15) is 5.82 Å². The molecule has 0 saturated carbocycles. The van der Waals surface area contributed by atoms with E-state index in [2.05, 4.69) is 11.9 Å². The first-order valence-corrected chi connectivity index (χ1v) is 13.9. The minimum absolute atomic E-state index is 0.0326. The molecule has 0 bridgehead atoms. The first kappa shape index (κ1) is 29.1. The molecular formula is C30H29F6N3OS. The summed E-state index contributed by atoms with van der Waals surface area (Å²) < 4.78 is 93.0. The summed E-state index contributed by atoms with van der Waals surface area (Å²) in [7, 11) is 0. The van der Waals surface area contributed by atoms with E-state index < -0.39 is 35.1 Å². The van der Waals surface area contributed by atoms with Gasteiger partial charge < -0.3 is 20.7 Å². The number of anilines is 1. The standard InChI is InChI=1S/C30H29F6N3OS/c1-3-19-25(37)7-6-21-26(29(41-28(19)21)20-5-4-17(32)10-22(20)30(2,35)36)40-27-23(33)11-18(12-24(27)34)38-8-9-39-14-16(13-31)15-39/h3-7,10-11,16,24,38H,1,8-9,12-15,37H2,2H3. The second-order valence-corrected chi connectivity index (χ2v) is 11.4. The van der Waals surface area contributed by atoms with Gasteiger partial charge in [-0.3, -0.25) is 4.39 Å². The van der Waals surface area contributed by atoms with Crippen molar-refractivity contribution in [2.75, 3.05) is 38.6 Å². The molecule has 1 atom stereocenters. The number of nitrogens with zero attached hydrogens (tertiary/aromatic N) is 1. The van der Waals surface area contributed by atoms with Crippen LogP contribution in [0.25, 0.3) is 26.6 Å². The molecule has 1 aromatic heterocycles. The third-order valence-corrected chi connectivity index (χ3v) is 8.50. The topological polar surface area (TPSA) is 50.5 Å². The average Bonchev–Trinajstić information content (AvgIpc) is 3.25. The van der Waals surface area contributed by atoms with Crippen LogP contribution in [0.5, 0.6) is 5.75 Å². The molecule has 4 nitrogen and oxygen atoms in total. The SMILES string of the molecule is C=Cc1c(N)ccc2c(OC3=C(F)C=C(NCCN4CC(CF)C4)CC3F)c(-c3ccc(F)cc3C(C)(F)F)sc12. The highest BCUT2D eigenvalue weighted by atomic mass is 32.1. The van der Waals surface area contributed by atoms with Crippen LogP contribution in [0, 0.1) is 11.7 Å². The van der Waals surface area contributed by atoms with Gasteiger partial charge in [0, 0.05) is 83.6 Å². The molecule has 3 N–H and O–H groups in total. The third kappa shape index (κ3) is 5.83. The maximum atomic E-state index is 15.4. The Hall–Kier alpha value is -3.44. The Labute approximate surface area is 237 Å². The minimum Gasteiger partial charge on any atom is -0.453 e. The summed E-state index contributed by atoms with van der Waals surface area (Å²) >= 11 is 1.04. The Bertz CT molecular complexity index is 1540. The van der Waals surface area contributed by atoms with Crippen LogP contribution in [0.2, 0.25) is 0 Å². The summed E-state index contributed by atoms with van der Waals surface area (Å²) in [4.78, 5) is 2.19. The Morgan fingerprint density at radius 3 is 2.63 bits per heavy atom. The van der Waals surface area contributed by atoms with Gasteiger partial charge in [0.25, 0.3) is 5.92 Å². The third-order valence-electron chi connectivity index (χ3n) is 7.25. The fourth-order valence-corrected chi connectivity index (χ4v) is 6.46. The number of thiophene rings is 1. The van der Waals surface area contributed by atoms with Crippen LogP contribution in [0.3, 0.4) is 0 Å². The van der Waals surface area contributed by atoms with Crippen molar-refractivity contribution in [3.63, 3.8) is 0 Å². The van der Waals surface area contributed by atoms with Crippen molar-refractivity contribution < 1.29 is 31.1 Å². The van der Waals surface area contributed by atoms with Crippen LogP contribution in [0.1, 0.15) is 24.5 Å². The lowest BCUT2D eigenvalue weighted by Gasteiger charge is -2.37. The molecule has 5 rings (SSSR count). The molecule has 1 saturated heterocycles. The van der Waals surface area contributed by atoms with Crippen LogP contribution in [0.4, 0.5) is 32.0 Å². The number of nitrogens with one attached hydrogen (secondary N) is 1. The van der Waals surface area contributed by atoms with E-state index >= 15 is 8.78 Å². The first-order valence-electron chi connectivity index (χ1n) is 13.1. The predicted octanol–water partition coefficient (Wildman–Crippen LogP) is 7.72. The summed E-state index contributed by atoms with van der Waals surface area (Å²) in [5.74, 6) is -5.80. The molecule has 0 radical (unpaired) electrons. The van der Waals surface area contributed by atoms with E-state index in [1.807, 2.05) is 4.90 Å². The number of benzene rings is 2. The predicted molar refractivity (Wildman–Crippen MR) is 152 cm³/mol. The summed E-state index contributed by atoms with van der Waals surface area (Å²) in [6.45, 7) is 6.43. The normalized spacial score (nSPS) is 18.4. The van der Waals surface area contributed by atoms with E-state index in [1.54, 1.807) is 12.1 Å². The number of rotatable bonds is 10. The van der Waals surface area contributed by atoms with Crippen LogP contribution >= 0.6 is 11.3 Å². The van der Waals surface area contributed by atoms with Gasteiger partial charge in [0.15, 0.2) is 23.5 Å².